The molecule has 9 heteroatoms. The number of primary sulfonamides is 1. The zero-order chi connectivity index (χ0) is 15.5. The summed E-state index contributed by atoms with van der Waals surface area (Å²) in [4.78, 5) is 22.9. The third kappa shape index (κ3) is 4.58. The lowest BCUT2D eigenvalue weighted by Crippen LogP contribution is -2.41. The quantitative estimate of drug-likeness (QED) is 0.708. The molecule has 0 radical (unpaired) electrons. The van der Waals surface area contributed by atoms with Crippen molar-refractivity contribution in [2.75, 3.05) is 0 Å². The second-order valence-electron chi connectivity index (χ2n) is 4.69. The Morgan fingerprint density at radius 2 is 2.05 bits per heavy atom. The van der Waals surface area contributed by atoms with Gasteiger partial charge in [-0.1, -0.05) is 13.8 Å². The normalized spacial score (nSPS) is 13.2. The number of carboxylic acids is 1. The van der Waals surface area contributed by atoms with Crippen molar-refractivity contribution in [1.29, 1.82) is 0 Å². The molecule has 20 heavy (non-hydrogen) atoms. The van der Waals surface area contributed by atoms with Crippen LogP contribution in [0.5, 0.6) is 0 Å². The van der Waals surface area contributed by atoms with Crippen molar-refractivity contribution in [2.45, 2.75) is 30.5 Å². The van der Waals surface area contributed by atoms with Gasteiger partial charge in [-0.3, -0.25) is 4.79 Å². The topological polar surface area (TPSA) is 127 Å². The fourth-order valence-corrected chi connectivity index (χ4v) is 3.10. The standard InChI is InChI=1S/C11H16N2O5S2/c1-6(2)3-8(11(15)16)13-10(14)7-4-9(19-5-7)20(12,17)18/h4-6,8H,3H2,1-2H3,(H,13,14)(H,15,16)(H2,12,17,18). The molecule has 112 valence electrons. The summed E-state index contributed by atoms with van der Waals surface area (Å²) in [5, 5.41) is 17.7. The molecule has 0 aliphatic carbocycles. The van der Waals surface area contributed by atoms with Crippen LogP contribution in [-0.2, 0) is 14.8 Å². The molecule has 1 unspecified atom stereocenters. The van der Waals surface area contributed by atoms with Gasteiger partial charge in [0.1, 0.15) is 10.3 Å². The SMILES string of the molecule is CC(C)CC(NC(=O)c1csc(S(N)(=O)=O)c1)C(=O)O. The molecule has 1 atom stereocenters. The number of carbonyl (C=O) groups excluding carboxylic acids is 1. The summed E-state index contributed by atoms with van der Waals surface area (Å²) in [5.74, 6) is -1.67. The molecule has 7 nitrogen and oxygen atoms in total. The van der Waals surface area contributed by atoms with Crippen molar-refractivity contribution < 1.29 is 23.1 Å². The molecule has 1 aromatic rings. The number of carboxylic acid groups (broad SMARTS) is 1. The van der Waals surface area contributed by atoms with Crippen molar-refractivity contribution >= 4 is 33.2 Å². The Labute approximate surface area is 120 Å². The molecule has 0 spiro atoms. The summed E-state index contributed by atoms with van der Waals surface area (Å²) in [6.45, 7) is 3.68. The van der Waals surface area contributed by atoms with Gasteiger partial charge in [-0.25, -0.2) is 18.4 Å². The highest BCUT2D eigenvalue weighted by Gasteiger charge is 2.23. The van der Waals surface area contributed by atoms with Gasteiger partial charge in [0.25, 0.3) is 5.91 Å². The number of sulfonamides is 1. The predicted octanol–water partition coefficient (Wildman–Crippen LogP) is 0.625. The second kappa shape index (κ2) is 6.33. The molecule has 0 aliphatic heterocycles. The van der Waals surface area contributed by atoms with E-state index in [1.54, 1.807) is 0 Å². The molecule has 1 heterocycles. The van der Waals surface area contributed by atoms with E-state index in [-0.39, 0.29) is 22.1 Å². The van der Waals surface area contributed by atoms with Gasteiger partial charge in [0.2, 0.25) is 10.0 Å². The third-order valence-electron chi connectivity index (χ3n) is 2.43. The van der Waals surface area contributed by atoms with Crippen molar-refractivity contribution in [1.82, 2.24) is 5.32 Å². The number of hydrogen-bond acceptors (Lipinski definition) is 5. The molecule has 1 aromatic heterocycles. The molecule has 0 aromatic carbocycles. The lowest BCUT2D eigenvalue weighted by Gasteiger charge is -2.15. The van der Waals surface area contributed by atoms with Gasteiger partial charge in [0.15, 0.2) is 0 Å². The monoisotopic (exact) mass is 320 g/mol. The number of carbonyl (C=O) groups is 2. The first-order valence-electron chi connectivity index (χ1n) is 5.76. The van der Waals surface area contributed by atoms with E-state index in [0.717, 1.165) is 17.4 Å². The van der Waals surface area contributed by atoms with E-state index in [2.05, 4.69) is 5.32 Å². The van der Waals surface area contributed by atoms with Crippen LogP contribution in [0.2, 0.25) is 0 Å². The van der Waals surface area contributed by atoms with Crippen LogP contribution in [0.3, 0.4) is 0 Å². The van der Waals surface area contributed by atoms with Gasteiger partial charge < -0.3 is 10.4 Å². The van der Waals surface area contributed by atoms with Crippen molar-refractivity contribution in [2.24, 2.45) is 11.1 Å². The summed E-state index contributed by atoms with van der Waals surface area (Å²) in [6, 6.07) is 0.115. The lowest BCUT2D eigenvalue weighted by molar-refractivity contribution is -0.139. The van der Waals surface area contributed by atoms with Crippen LogP contribution in [0.15, 0.2) is 15.7 Å². The number of thiophene rings is 1. The van der Waals surface area contributed by atoms with E-state index in [1.165, 1.54) is 5.38 Å². The Kier molecular flexibility index (Phi) is 5.26. The minimum absolute atomic E-state index is 0.0778. The van der Waals surface area contributed by atoms with Crippen LogP contribution < -0.4 is 10.5 Å². The van der Waals surface area contributed by atoms with E-state index in [9.17, 15) is 18.0 Å². The van der Waals surface area contributed by atoms with Gasteiger partial charge in [-0.2, -0.15) is 0 Å². The Balaban J connectivity index is 2.84. The lowest BCUT2D eigenvalue weighted by atomic mass is 10.0. The summed E-state index contributed by atoms with van der Waals surface area (Å²) in [6.07, 6.45) is 0.285. The average Bonchev–Trinajstić information content (AvgIpc) is 2.75. The third-order valence-corrected chi connectivity index (χ3v) is 4.81. The Morgan fingerprint density at radius 1 is 1.45 bits per heavy atom. The number of nitrogens with two attached hydrogens (primary N) is 1. The first-order chi connectivity index (χ1) is 9.11. The van der Waals surface area contributed by atoms with Crippen LogP contribution in [0.25, 0.3) is 0 Å². The largest absolute Gasteiger partial charge is 0.480 e. The summed E-state index contributed by atoms with van der Waals surface area (Å²) in [7, 11) is -3.86. The van der Waals surface area contributed by atoms with Crippen LogP contribution in [0, 0.1) is 5.92 Å². The number of nitrogens with one attached hydrogen (secondary N) is 1. The van der Waals surface area contributed by atoms with Crippen LogP contribution >= 0.6 is 11.3 Å². The minimum atomic E-state index is -3.86. The van der Waals surface area contributed by atoms with Crippen molar-refractivity contribution in [3.8, 4) is 0 Å². The predicted molar refractivity (Wildman–Crippen MR) is 74.0 cm³/mol. The Hall–Kier alpha value is -1.45. The van der Waals surface area contributed by atoms with E-state index in [4.69, 9.17) is 10.2 Å². The van der Waals surface area contributed by atoms with E-state index in [1.807, 2.05) is 13.8 Å². The number of rotatable bonds is 6. The minimum Gasteiger partial charge on any atom is -0.480 e. The van der Waals surface area contributed by atoms with Crippen LogP contribution in [-0.4, -0.2) is 31.4 Å². The molecule has 1 amide bonds. The number of aliphatic carboxylic acids is 1. The molecule has 0 fully saturated rings. The van der Waals surface area contributed by atoms with Crippen LogP contribution in [0.1, 0.15) is 30.6 Å². The van der Waals surface area contributed by atoms with Crippen molar-refractivity contribution in [3.05, 3.63) is 17.0 Å². The maximum absolute atomic E-state index is 11.9. The molecule has 0 saturated carbocycles. The molecule has 4 N–H and O–H groups in total. The van der Waals surface area contributed by atoms with E-state index < -0.39 is 27.9 Å². The fraction of sp³-hybridized carbons (Fsp3) is 0.455. The van der Waals surface area contributed by atoms with Gasteiger partial charge in [-0.15, -0.1) is 11.3 Å². The van der Waals surface area contributed by atoms with Gasteiger partial charge >= 0.3 is 5.97 Å². The smallest absolute Gasteiger partial charge is 0.326 e. The van der Waals surface area contributed by atoms with E-state index >= 15 is 0 Å². The first kappa shape index (κ1) is 16.6. The number of amides is 1. The highest BCUT2D eigenvalue weighted by molar-refractivity contribution is 7.91. The number of hydrogen-bond donors (Lipinski definition) is 3. The fourth-order valence-electron chi connectivity index (χ4n) is 1.52. The Morgan fingerprint density at radius 3 is 2.45 bits per heavy atom. The maximum Gasteiger partial charge on any atom is 0.326 e. The molecule has 0 saturated heterocycles. The summed E-state index contributed by atoms with van der Waals surface area (Å²) < 4.78 is 22.1. The molecule has 0 aliphatic rings. The van der Waals surface area contributed by atoms with Gasteiger partial charge in [0, 0.05) is 5.38 Å². The zero-order valence-electron chi connectivity index (χ0n) is 11.0. The highest BCUT2D eigenvalue weighted by Crippen LogP contribution is 2.19. The van der Waals surface area contributed by atoms with Gasteiger partial charge in [-0.05, 0) is 18.4 Å². The van der Waals surface area contributed by atoms with E-state index in [0.29, 0.717) is 0 Å². The van der Waals surface area contributed by atoms with Gasteiger partial charge in [0.05, 0.1) is 5.56 Å². The zero-order valence-corrected chi connectivity index (χ0v) is 12.6. The molecule has 0 bridgehead atoms. The molecular formula is C11H16N2O5S2. The first-order valence-corrected chi connectivity index (χ1v) is 8.19. The summed E-state index contributed by atoms with van der Waals surface area (Å²) >= 11 is 0.813. The molecule has 1 rings (SSSR count). The molecular weight excluding hydrogens is 304 g/mol. The Bertz CT molecular complexity index is 606. The average molecular weight is 320 g/mol. The highest BCUT2D eigenvalue weighted by atomic mass is 32.2. The summed E-state index contributed by atoms with van der Waals surface area (Å²) in [5.41, 5.74) is 0.0778. The van der Waals surface area contributed by atoms with Crippen LogP contribution in [0.4, 0.5) is 0 Å². The maximum atomic E-state index is 11.9. The van der Waals surface area contributed by atoms with Crippen molar-refractivity contribution in [3.63, 3.8) is 0 Å². The second-order valence-corrected chi connectivity index (χ2v) is 7.39.